The normalized spacial score (nSPS) is 16.8. The van der Waals surface area contributed by atoms with Gasteiger partial charge in [0, 0.05) is 12.5 Å². The van der Waals surface area contributed by atoms with Crippen LogP contribution in [-0.2, 0) is 6.42 Å². The Morgan fingerprint density at radius 2 is 1.72 bits per heavy atom. The Labute approximate surface area is 143 Å². The van der Waals surface area contributed by atoms with Crippen molar-refractivity contribution >= 4 is 5.78 Å². The molecule has 1 aliphatic carbocycles. The summed E-state index contributed by atoms with van der Waals surface area (Å²) < 4.78 is 28.9. The quantitative estimate of drug-likeness (QED) is 0.695. The molecule has 0 amide bonds. The third kappa shape index (κ3) is 2.86. The van der Waals surface area contributed by atoms with Crippen LogP contribution in [0.5, 0.6) is 0 Å². The summed E-state index contributed by atoms with van der Waals surface area (Å²) in [5.74, 6) is -1.55. The van der Waals surface area contributed by atoms with Gasteiger partial charge in [0.05, 0.1) is 23.1 Å². The molecule has 0 fully saturated rings. The lowest BCUT2D eigenvalue weighted by molar-refractivity contribution is 0.0963. The Bertz CT molecular complexity index is 940. The first-order chi connectivity index (χ1) is 12.0. The Balaban J connectivity index is 1.75. The number of nitrogens with zero attached hydrogens (tertiary/aromatic N) is 2. The van der Waals surface area contributed by atoms with Gasteiger partial charge in [0.15, 0.2) is 5.78 Å². The highest BCUT2D eigenvalue weighted by molar-refractivity contribution is 5.98. The monoisotopic (exact) mass is 338 g/mol. The maximum atomic E-state index is 13.6. The standard InChI is InChI=1S/C20H16F2N2O/c1-12-2-4-17(5-3-12)24-19-8-14(9-20(25)18(19)11-23-24)13-6-15(21)10-16(22)7-13/h2-7,10-11,14H,8-9H2,1H3/t14-/m0/s1. The van der Waals surface area contributed by atoms with Gasteiger partial charge in [-0.1, -0.05) is 17.7 Å². The van der Waals surface area contributed by atoms with Crippen molar-refractivity contribution in [2.24, 2.45) is 0 Å². The van der Waals surface area contributed by atoms with E-state index < -0.39 is 11.6 Å². The van der Waals surface area contributed by atoms with Gasteiger partial charge in [-0.05, 0) is 49.1 Å². The number of hydrogen-bond acceptors (Lipinski definition) is 2. The Morgan fingerprint density at radius 1 is 1.04 bits per heavy atom. The van der Waals surface area contributed by atoms with Crippen molar-refractivity contribution in [1.82, 2.24) is 9.78 Å². The number of carbonyl (C=O) groups is 1. The number of aryl methyl sites for hydroxylation is 1. The summed E-state index contributed by atoms with van der Waals surface area (Å²) in [6.07, 6.45) is 2.33. The number of benzene rings is 2. The van der Waals surface area contributed by atoms with E-state index in [1.54, 1.807) is 10.9 Å². The van der Waals surface area contributed by atoms with Crippen molar-refractivity contribution in [1.29, 1.82) is 0 Å². The molecule has 3 aromatic rings. The molecule has 0 bridgehead atoms. The summed E-state index contributed by atoms with van der Waals surface area (Å²) in [5, 5.41) is 4.36. The predicted molar refractivity (Wildman–Crippen MR) is 90.1 cm³/mol. The van der Waals surface area contributed by atoms with E-state index in [0.717, 1.165) is 23.0 Å². The lowest BCUT2D eigenvalue weighted by atomic mass is 9.82. The lowest BCUT2D eigenvalue weighted by Gasteiger charge is -2.23. The van der Waals surface area contributed by atoms with Crippen LogP contribution in [0.1, 0.15) is 39.5 Å². The summed E-state index contributed by atoms with van der Waals surface area (Å²) in [7, 11) is 0. The number of hydrogen-bond donors (Lipinski definition) is 0. The summed E-state index contributed by atoms with van der Waals surface area (Å²) in [5.41, 5.74) is 3.89. The van der Waals surface area contributed by atoms with Crippen LogP contribution in [0.2, 0.25) is 0 Å². The summed E-state index contributed by atoms with van der Waals surface area (Å²) >= 11 is 0. The Morgan fingerprint density at radius 3 is 2.40 bits per heavy atom. The zero-order valence-electron chi connectivity index (χ0n) is 13.7. The molecule has 126 valence electrons. The molecule has 1 heterocycles. The highest BCUT2D eigenvalue weighted by Gasteiger charge is 2.30. The highest BCUT2D eigenvalue weighted by Crippen LogP contribution is 2.34. The SMILES string of the molecule is Cc1ccc(-n2ncc3c2C[C@H](c2cc(F)cc(F)c2)CC3=O)cc1. The van der Waals surface area contributed by atoms with Crippen LogP contribution < -0.4 is 0 Å². The van der Waals surface area contributed by atoms with Gasteiger partial charge in [0.25, 0.3) is 0 Å². The molecule has 1 aromatic heterocycles. The predicted octanol–water partition coefficient (Wildman–Crippen LogP) is 4.37. The molecule has 0 N–H and O–H groups in total. The van der Waals surface area contributed by atoms with Crippen LogP contribution in [0.4, 0.5) is 8.78 Å². The third-order valence-electron chi connectivity index (χ3n) is 4.68. The fourth-order valence-corrected chi connectivity index (χ4v) is 3.40. The minimum absolute atomic E-state index is 0.0470. The van der Waals surface area contributed by atoms with Crippen molar-refractivity contribution in [3.63, 3.8) is 0 Å². The van der Waals surface area contributed by atoms with Crippen LogP contribution in [0.25, 0.3) is 5.69 Å². The number of aromatic nitrogens is 2. The molecule has 3 nitrogen and oxygen atoms in total. The molecular weight excluding hydrogens is 322 g/mol. The largest absolute Gasteiger partial charge is 0.294 e. The zero-order chi connectivity index (χ0) is 17.6. The molecule has 0 saturated heterocycles. The summed E-state index contributed by atoms with van der Waals surface area (Å²) in [6, 6.07) is 11.3. The third-order valence-corrected chi connectivity index (χ3v) is 4.68. The number of halogens is 2. The molecule has 0 saturated carbocycles. The van der Waals surface area contributed by atoms with Crippen LogP contribution >= 0.6 is 0 Å². The van der Waals surface area contributed by atoms with Gasteiger partial charge in [0.2, 0.25) is 0 Å². The fourth-order valence-electron chi connectivity index (χ4n) is 3.40. The van der Waals surface area contributed by atoms with Gasteiger partial charge >= 0.3 is 0 Å². The molecule has 0 spiro atoms. The van der Waals surface area contributed by atoms with Crippen molar-refractivity contribution in [2.45, 2.75) is 25.7 Å². The Kier molecular flexibility index (Phi) is 3.71. The second-order valence-electron chi connectivity index (χ2n) is 6.48. The van der Waals surface area contributed by atoms with E-state index in [2.05, 4.69) is 5.10 Å². The van der Waals surface area contributed by atoms with E-state index in [1.165, 1.54) is 12.1 Å². The number of rotatable bonds is 2. The molecule has 2 aromatic carbocycles. The molecule has 4 rings (SSSR count). The van der Waals surface area contributed by atoms with Gasteiger partial charge in [0.1, 0.15) is 11.6 Å². The van der Waals surface area contributed by atoms with Crippen molar-refractivity contribution in [3.05, 3.63) is 82.7 Å². The highest BCUT2D eigenvalue weighted by atomic mass is 19.1. The fraction of sp³-hybridized carbons (Fsp3) is 0.200. The molecule has 1 aliphatic rings. The zero-order valence-corrected chi connectivity index (χ0v) is 13.7. The Hall–Kier alpha value is -2.82. The molecule has 0 radical (unpaired) electrons. The topological polar surface area (TPSA) is 34.9 Å². The van der Waals surface area contributed by atoms with E-state index in [4.69, 9.17) is 0 Å². The van der Waals surface area contributed by atoms with E-state index in [1.807, 2.05) is 31.2 Å². The van der Waals surface area contributed by atoms with Gasteiger partial charge in [-0.25, -0.2) is 13.5 Å². The minimum Gasteiger partial charge on any atom is -0.294 e. The summed E-state index contributed by atoms with van der Waals surface area (Å²) in [6.45, 7) is 2.00. The lowest BCUT2D eigenvalue weighted by Crippen LogP contribution is -2.20. The second kappa shape index (κ2) is 5.92. The molecule has 0 unspecified atom stereocenters. The van der Waals surface area contributed by atoms with Gasteiger partial charge in [-0.2, -0.15) is 5.10 Å². The first-order valence-corrected chi connectivity index (χ1v) is 8.14. The number of fused-ring (bicyclic) bond motifs is 1. The molecule has 25 heavy (non-hydrogen) atoms. The number of Topliss-reactive ketones (excluding diaryl/α,β-unsaturated/α-hetero) is 1. The molecular formula is C20H16F2N2O. The van der Waals surface area contributed by atoms with Crippen LogP contribution in [0.3, 0.4) is 0 Å². The van der Waals surface area contributed by atoms with Crippen molar-refractivity contribution in [3.8, 4) is 5.69 Å². The van der Waals surface area contributed by atoms with Crippen molar-refractivity contribution < 1.29 is 13.6 Å². The van der Waals surface area contributed by atoms with E-state index in [-0.39, 0.29) is 18.1 Å². The maximum Gasteiger partial charge on any atom is 0.166 e. The van der Waals surface area contributed by atoms with E-state index in [9.17, 15) is 13.6 Å². The number of carbonyl (C=O) groups excluding carboxylic acids is 1. The molecule has 0 aliphatic heterocycles. The molecule has 1 atom stereocenters. The minimum atomic E-state index is -0.625. The average molecular weight is 338 g/mol. The van der Waals surface area contributed by atoms with Crippen LogP contribution in [0, 0.1) is 18.6 Å². The molecule has 5 heteroatoms. The maximum absolute atomic E-state index is 13.6. The van der Waals surface area contributed by atoms with Crippen molar-refractivity contribution in [2.75, 3.05) is 0 Å². The van der Waals surface area contributed by atoms with Gasteiger partial charge in [-0.3, -0.25) is 4.79 Å². The van der Waals surface area contributed by atoms with Gasteiger partial charge < -0.3 is 0 Å². The number of ketones is 1. The van der Waals surface area contributed by atoms with Crippen LogP contribution in [-0.4, -0.2) is 15.6 Å². The first-order valence-electron chi connectivity index (χ1n) is 8.14. The average Bonchev–Trinajstić information content (AvgIpc) is 2.99. The van der Waals surface area contributed by atoms with E-state index >= 15 is 0 Å². The van der Waals surface area contributed by atoms with Crippen LogP contribution in [0.15, 0.2) is 48.7 Å². The second-order valence-corrected chi connectivity index (χ2v) is 6.48. The first kappa shape index (κ1) is 15.7. The van der Waals surface area contributed by atoms with E-state index in [0.29, 0.717) is 17.5 Å². The smallest absolute Gasteiger partial charge is 0.166 e. The van der Waals surface area contributed by atoms with Gasteiger partial charge in [-0.15, -0.1) is 0 Å². The summed E-state index contributed by atoms with van der Waals surface area (Å²) in [4.78, 5) is 12.5.